The first kappa shape index (κ1) is 38.7. The van der Waals surface area contributed by atoms with E-state index in [-0.39, 0.29) is 35.6 Å². The van der Waals surface area contributed by atoms with Crippen LogP contribution < -0.4 is 24.8 Å². The van der Waals surface area contributed by atoms with Crippen LogP contribution in [0.1, 0.15) is 70.2 Å². The summed E-state index contributed by atoms with van der Waals surface area (Å²) in [5.41, 5.74) is 5.85. The number of hydrogen-bond donors (Lipinski definition) is 0. The maximum absolute atomic E-state index is 3.46. The van der Waals surface area contributed by atoms with Gasteiger partial charge in [0.25, 0.3) is 0 Å². The van der Waals surface area contributed by atoms with Gasteiger partial charge < -0.3 is 24.8 Å². The number of fused-ring (bicyclic) bond motifs is 3. The Morgan fingerprint density at radius 3 is 1.36 bits per heavy atom. The molecule has 5 heteroatoms. The second kappa shape index (κ2) is 16.9. The van der Waals surface area contributed by atoms with Gasteiger partial charge in [-0.05, 0) is 10.8 Å². The van der Waals surface area contributed by atoms with E-state index in [1.807, 2.05) is 12.2 Å². The second-order valence-corrected chi connectivity index (χ2v) is 16.3. The summed E-state index contributed by atoms with van der Waals surface area (Å²) in [6.07, 6.45) is 10.0. The van der Waals surface area contributed by atoms with Crippen LogP contribution in [-0.4, -0.2) is 3.26 Å². The van der Waals surface area contributed by atoms with Crippen molar-refractivity contribution in [2.24, 2.45) is 0 Å². The Morgan fingerprint density at radius 1 is 0.659 bits per heavy atom. The summed E-state index contributed by atoms with van der Waals surface area (Å²) in [6, 6.07) is 33.2. The second-order valence-electron chi connectivity index (χ2n) is 12.6. The molecule has 44 heavy (non-hydrogen) atoms. The van der Waals surface area contributed by atoms with Crippen LogP contribution in [0.15, 0.2) is 118 Å². The first-order chi connectivity index (χ1) is 19.8. The molecule has 0 spiro atoms. The Bertz CT molecular complexity index is 1600. The van der Waals surface area contributed by atoms with Crippen molar-refractivity contribution in [1.29, 1.82) is 0 Å². The van der Waals surface area contributed by atoms with Gasteiger partial charge in [-0.1, -0.05) is 76.9 Å². The zero-order valence-corrected chi connectivity index (χ0v) is 34.4. The van der Waals surface area contributed by atoms with Gasteiger partial charge in [0.15, 0.2) is 0 Å². The molecule has 1 aliphatic carbocycles. The number of benzene rings is 4. The van der Waals surface area contributed by atoms with E-state index in [1.54, 1.807) is 0 Å². The summed E-state index contributed by atoms with van der Waals surface area (Å²) in [5, 5.41) is 5.48. The van der Waals surface area contributed by atoms with Crippen LogP contribution in [0.3, 0.4) is 0 Å². The molecule has 6 rings (SSSR count). The number of halogens is 4. The topological polar surface area (TPSA) is 0 Å². The van der Waals surface area contributed by atoms with Crippen LogP contribution in [0.5, 0.6) is 0 Å². The van der Waals surface area contributed by atoms with Crippen molar-refractivity contribution >= 4 is 56.7 Å². The fourth-order valence-corrected chi connectivity index (χ4v) is 6.42. The Morgan fingerprint density at radius 2 is 1.07 bits per heavy atom. The van der Waals surface area contributed by atoms with Crippen molar-refractivity contribution in [2.45, 2.75) is 58.8 Å². The molecule has 0 radical (unpaired) electrons. The van der Waals surface area contributed by atoms with Gasteiger partial charge >= 0.3 is 128 Å². The van der Waals surface area contributed by atoms with E-state index in [1.165, 1.54) is 47.1 Å². The van der Waals surface area contributed by atoms with Crippen LogP contribution in [0.25, 0.3) is 21.5 Å². The molecule has 5 aromatic rings. The minimum atomic E-state index is 0. The number of rotatable bonds is 2. The normalized spacial score (nSPS) is 12.0. The number of allylic oxidation sites excluding steroid dienone is 4. The summed E-state index contributed by atoms with van der Waals surface area (Å²) in [7, 11) is 0. The molecule has 0 N–H and O–H groups in total. The molecule has 0 saturated heterocycles. The van der Waals surface area contributed by atoms with E-state index in [9.17, 15) is 0 Å². The zero-order valence-electron chi connectivity index (χ0n) is 26.1. The molecule has 0 unspecified atom stereocenters. The molecule has 0 heterocycles. The van der Waals surface area contributed by atoms with Gasteiger partial charge in [0.2, 0.25) is 0 Å². The van der Waals surface area contributed by atoms with Crippen molar-refractivity contribution in [3.05, 3.63) is 146 Å². The van der Waals surface area contributed by atoms with Gasteiger partial charge in [0.1, 0.15) is 0 Å². The largest absolute Gasteiger partial charge is 1.00 e. The summed E-state index contributed by atoms with van der Waals surface area (Å²) in [6.45, 7) is 13.6. The third-order valence-corrected chi connectivity index (χ3v) is 10.4. The summed E-state index contributed by atoms with van der Waals surface area (Å²) < 4.78 is 3.68. The van der Waals surface area contributed by atoms with E-state index in [0.29, 0.717) is 0 Å². The van der Waals surface area contributed by atoms with Crippen molar-refractivity contribution < 1.29 is 48.7 Å². The molecule has 5 aromatic carbocycles. The van der Waals surface area contributed by atoms with Gasteiger partial charge in [0.05, 0.1) is 0 Å². The SMILES string of the molecule is Brc1ccc([C](=[Hf+2])c2ccc(Br)cc2)cc1.CC(C)(C)c1ccc2c(c1)[cH-]c1cc(C(C)(C)C)ccc12.[C-]1=CC=CC1.[Cl-].[Cl-]. The smallest absolute Gasteiger partial charge is 0.0202 e. The van der Waals surface area contributed by atoms with E-state index < -0.39 is 0 Å². The number of hydrogen-bond acceptors (Lipinski definition) is 0. The molecule has 0 atom stereocenters. The summed E-state index contributed by atoms with van der Waals surface area (Å²) in [4.78, 5) is 0. The fraction of sp³-hybridized carbons (Fsp3) is 0.231. The fourth-order valence-electron chi connectivity index (χ4n) is 4.70. The third-order valence-electron chi connectivity index (χ3n) is 7.29. The van der Waals surface area contributed by atoms with Crippen LogP contribution in [0.2, 0.25) is 0 Å². The first-order valence-electron chi connectivity index (χ1n) is 14.3. The van der Waals surface area contributed by atoms with Crippen LogP contribution in [0.4, 0.5) is 0 Å². The van der Waals surface area contributed by atoms with Gasteiger partial charge in [0, 0.05) is 0 Å². The maximum Gasteiger partial charge on any atom is -0.0202 e. The molecule has 0 aromatic heterocycles. The molecule has 228 valence electrons. The van der Waals surface area contributed by atoms with Crippen molar-refractivity contribution in [3.63, 3.8) is 0 Å². The van der Waals surface area contributed by atoms with Crippen LogP contribution >= 0.6 is 31.9 Å². The molecule has 1 aliphatic rings. The predicted molar refractivity (Wildman–Crippen MR) is 188 cm³/mol. The van der Waals surface area contributed by atoms with Crippen LogP contribution in [0, 0.1) is 6.08 Å². The van der Waals surface area contributed by atoms with E-state index in [2.05, 4.69) is 177 Å². The molecule has 0 bridgehead atoms. The van der Waals surface area contributed by atoms with E-state index >= 15 is 0 Å². The Hall–Kier alpha value is -1.49. The van der Waals surface area contributed by atoms with Crippen molar-refractivity contribution in [2.75, 3.05) is 0 Å². The van der Waals surface area contributed by atoms with Crippen LogP contribution in [-0.2, 0) is 34.7 Å². The minimum absolute atomic E-state index is 0. The molecule has 0 amide bonds. The molecule has 0 saturated carbocycles. The summed E-state index contributed by atoms with van der Waals surface area (Å²) >= 11 is 7.96. The zero-order chi connectivity index (χ0) is 30.5. The average Bonchev–Trinajstić information content (AvgIpc) is 3.64. The average molecular weight is 916 g/mol. The van der Waals surface area contributed by atoms with E-state index in [0.717, 1.165) is 39.3 Å². The van der Waals surface area contributed by atoms with Gasteiger partial charge in [-0.15, -0.1) is 46.2 Å². The minimum Gasteiger partial charge on any atom is -1.00 e. The van der Waals surface area contributed by atoms with Crippen molar-refractivity contribution in [1.82, 2.24) is 0 Å². The van der Waals surface area contributed by atoms with Crippen molar-refractivity contribution in [3.8, 4) is 0 Å². The first-order valence-corrected chi connectivity index (χ1v) is 17.7. The van der Waals surface area contributed by atoms with Gasteiger partial charge in [-0.2, -0.15) is 6.08 Å². The Labute approximate surface area is 307 Å². The van der Waals surface area contributed by atoms with Gasteiger partial charge in [-0.3, -0.25) is 6.08 Å². The Balaban J connectivity index is 0.000000260. The monoisotopic (exact) mass is 914 g/mol. The third kappa shape index (κ3) is 10.5. The quantitative estimate of drug-likeness (QED) is 0.152. The summed E-state index contributed by atoms with van der Waals surface area (Å²) in [5.74, 6) is 0. The van der Waals surface area contributed by atoms with E-state index in [4.69, 9.17) is 0 Å². The molecule has 0 fully saturated rings. The predicted octanol–water partition coefficient (Wildman–Crippen LogP) is 5.95. The molecule has 0 nitrogen and oxygen atoms in total. The molecular formula is C39H38Br2Cl2Hf-2. The Kier molecular flexibility index (Phi) is 14.9. The molecular weight excluding hydrogens is 878 g/mol. The molecule has 0 aliphatic heterocycles. The standard InChI is InChI=1S/C21H25.C13H8Br2.C5H5.2ClH.Hf/c1-20(2,3)16-7-9-18-14(12-16)11-15-13-17(21(4,5)6)8-10-19(15)18;14-12-5-1-10(2-6-12)9-11-3-7-13(15)8-4-11;1-2-4-5-3-1;;;/h7-13H,1-6H3;1-8H;1-3H,4H2;2*1H;/q-1;;-1;;;+2/p-2. The maximum atomic E-state index is 3.46. The van der Waals surface area contributed by atoms with Gasteiger partial charge in [-0.25, -0.2) is 12.2 Å².